The number of rotatable bonds is 9. The number of aromatic nitrogens is 2. The number of halogens is 1. The normalized spacial score (nSPS) is 11.5. The Bertz CT molecular complexity index is 847. The molecule has 2 aromatic rings. The van der Waals surface area contributed by atoms with Crippen LogP contribution in [-0.2, 0) is 11.3 Å². The number of nitrogens with one attached hydrogen (secondary N) is 1. The van der Waals surface area contributed by atoms with Gasteiger partial charge in [-0.15, -0.1) is 0 Å². The van der Waals surface area contributed by atoms with Crippen molar-refractivity contribution in [1.29, 1.82) is 0 Å². The number of carbonyl (C=O) groups is 1. The van der Waals surface area contributed by atoms with Crippen LogP contribution >= 0.6 is 23.4 Å². The van der Waals surface area contributed by atoms with Crippen LogP contribution in [0.3, 0.4) is 0 Å². The Morgan fingerprint density at radius 1 is 1.30 bits per heavy atom. The standard InChI is InChI=1S/C20H28ClN3O2S/c1-5-15(6-2)22-18(25)12-27-20-23-17-11-14(21)7-8-16(17)19(26)24(20)10-9-13(3)4/h7-8,11,13,15H,5-6,9-10,12H2,1-4H3,(H,22,25). The first kappa shape index (κ1) is 21.8. The lowest BCUT2D eigenvalue weighted by atomic mass is 10.1. The molecule has 0 saturated carbocycles. The van der Waals surface area contributed by atoms with Gasteiger partial charge in [-0.1, -0.05) is 51.1 Å². The predicted molar refractivity (Wildman–Crippen MR) is 114 cm³/mol. The zero-order chi connectivity index (χ0) is 20.0. The van der Waals surface area contributed by atoms with Crippen LogP contribution in [0, 0.1) is 5.92 Å². The van der Waals surface area contributed by atoms with E-state index in [-0.39, 0.29) is 23.3 Å². The number of amides is 1. The van der Waals surface area contributed by atoms with Gasteiger partial charge in [-0.25, -0.2) is 4.98 Å². The maximum Gasteiger partial charge on any atom is 0.262 e. The Labute approximate surface area is 169 Å². The summed E-state index contributed by atoms with van der Waals surface area (Å²) < 4.78 is 1.69. The van der Waals surface area contributed by atoms with Gasteiger partial charge in [0.05, 0.1) is 16.7 Å². The summed E-state index contributed by atoms with van der Waals surface area (Å²) >= 11 is 7.36. The van der Waals surface area contributed by atoms with E-state index >= 15 is 0 Å². The number of thioether (sulfide) groups is 1. The first-order chi connectivity index (χ1) is 12.8. The van der Waals surface area contributed by atoms with Crippen LogP contribution in [-0.4, -0.2) is 27.3 Å². The van der Waals surface area contributed by atoms with Crippen LogP contribution < -0.4 is 10.9 Å². The van der Waals surface area contributed by atoms with Crippen molar-refractivity contribution in [2.45, 2.75) is 64.7 Å². The zero-order valence-electron chi connectivity index (χ0n) is 16.4. The van der Waals surface area contributed by atoms with Crippen molar-refractivity contribution in [2.24, 2.45) is 5.92 Å². The van der Waals surface area contributed by atoms with Gasteiger partial charge in [0.2, 0.25) is 5.91 Å². The van der Waals surface area contributed by atoms with Gasteiger partial charge in [-0.2, -0.15) is 0 Å². The Morgan fingerprint density at radius 3 is 2.63 bits per heavy atom. The van der Waals surface area contributed by atoms with Gasteiger partial charge >= 0.3 is 0 Å². The Balaban J connectivity index is 2.30. The van der Waals surface area contributed by atoms with Crippen LogP contribution in [0.25, 0.3) is 10.9 Å². The number of hydrogen-bond donors (Lipinski definition) is 1. The van der Waals surface area contributed by atoms with E-state index in [0.29, 0.717) is 33.5 Å². The van der Waals surface area contributed by atoms with Gasteiger partial charge < -0.3 is 5.32 Å². The van der Waals surface area contributed by atoms with E-state index in [1.807, 2.05) is 0 Å². The second kappa shape index (κ2) is 10.1. The number of nitrogens with zero attached hydrogens (tertiary/aromatic N) is 2. The van der Waals surface area contributed by atoms with Crippen molar-refractivity contribution in [3.8, 4) is 0 Å². The molecular formula is C20H28ClN3O2S. The maximum atomic E-state index is 13.0. The molecule has 27 heavy (non-hydrogen) atoms. The van der Waals surface area contributed by atoms with Gasteiger partial charge in [0, 0.05) is 17.6 Å². The van der Waals surface area contributed by atoms with Crippen molar-refractivity contribution < 1.29 is 4.79 Å². The third kappa shape index (κ3) is 5.98. The molecule has 0 saturated heterocycles. The molecular weight excluding hydrogens is 382 g/mol. The molecule has 1 aromatic heterocycles. The highest BCUT2D eigenvalue weighted by molar-refractivity contribution is 7.99. The van der Waals surface area contributed by atoms with Gasteiger partial charge in [-0.3, -0.25) is 14.2 Å². The molecule has 1 aromatic carbocycles. The molecule has 1 N–H and O–H groups in total. The Hall–Kier alpha value is -1.53. The predicted octanol–water partition coefficient (Wildman–Crippen LogP) is 4.49. The summed E-state index contributed by atoms with van der Waals surface area (Å²) in [6.07, 6.45) is 2.67. The third-order valence-corrected chi connectivity index (χ3v) is 5.71. The first-order valence-electron chi connectivity index (χ1n) is 9.47. The number of hydrogen-bond acceptors (Lipinski definition) is 4. The summed E-state index contributed by atoms with van der Waals surface area (Å²) in [6.45, 7) is 8.93. The fourth-order valence-corrected chi connectivity index (χ4v) is 3.76. The van der Waals surface area contributed by atoms with E-state index in [1.165, 1.54) is 11.8 Å². The van der Waals surface area contributed by atoms with E-state index in [2.05, 4.69) is 38.0 Å². The van der Waals surface area contributed by atoms with E-state index in [1.54, 1.807) is 22.8 Å². The Kier molecular flexibility index (Phi) is 8.17. The topological polar surface area (TPSA) is 64.0 Å². The van der Waals surface area contributed by atoms with E-state index in [0.717, 1.165) is 19.3 Å². The highest BCUT2D eigenvalue weighted by Crippen LogP contribution is 2.21. The molecule has 1 amide bonds. The van der Waals surface area contributed by atoms with E-state index < -0.39 is 0 Å². The van der Waals surface area contributed by atoms with Crippen LogP contribution in [0.2, 0.25) is 5.02 Å². The summed E-state index contributed by atoms with van der Waals surface area (Å²) in [5.41, 5.74) is 0.483. The molecule has 0 bridgehead atoms. The molecule has 0 atom stereocenters. The van der Waals surface area contributed by atoms with E-state index in [9.17, 15) is 9.59 Å². The van der Waals surface area contributed by atoms with Crippen molar-refractivity contribution in [2.75, 3.05) is 5.75 Å². The van der Waals surface area contributed by atoms with Crippen molar-refractivity contribution in [3.63, 3.8) is 0 Å². The lowest BCUT2D eigenvalue weighted by molar-refractivity contribution is -0.119. The minimum Gasteiger partial charge on any atom is -0.353 e. The minimum absolute atomic E-state index is 0.0375. The second-order valence-electron chi connectivity index (χ2n) is 7.06. The summed E-state index contributed by atoms with van der Waals surface area (Å²) in [5.74, 6) is 0.662. The summed E-state index contributed by atoms with van der Waals surface area (Å²) in [7, 11) is 0. The van der Waals surface area contributed by atoms with Crippen LogP contribution in [0.5, 0.6) is 0 Å². The fourth-order valence-electron chi connectivity index (χ4n) is 2.76. The van der Waals surface area contributed by atoms with Crippen molar-refractivity contribution in [1.82, 2.24) is 14.9 Å². The largest absolute Gasteiger partial charge is 0.353 e. The molecule has 5 nitrogen and oxygen atoms in total. The van der Waals surface area contributed by atoms with Crippen LogP contribution in [0.15, 0.2) is 28.2 Å². The summed E-state index contributed by atoms with van der Waals surface area (Å²) in [5, 5.41) is 4.67. The number of benzene rings is 1. The van der Waals surface area contributed by atoms with Crippen molar-refractivity contribution >= 4 is 40.2 Å². The smallest absolute Gasteiger partial charge is 0.262 e. The van der Waals surface area contributed by atoms with E-state index in [4.69, 9.17) is 11.6 Å². The number of carbonyl (C=O) groups excluding carboxylic acids is 1. The highest BCUT2D eigenvalue weighted by atomic mass is 35.5. The number of fused-ring (bicyclic) bond motifs is 1. The second-order valence-corrected chi connectivity index (χ2v) is 8.44. The SMILES string of the molecule is CCC(CC)NC(=O)CSc1nc2cc(Cl)ccc2c(=O)n1CCC(C)C. The van der Waals surface area contributed by atoms with Gasteiger partial charge in [0.1, 0.15) is 0 Å². The summed E-state index contributed by atoms with van der Waals surface area (Å²) in [6, 6.07) is 5.30. The molecule has 7 heteroatoms. The highest BCUT2D eigenvalue weighted by Gasteiger charge is 2.15. The van der Waals surface area contributed by atoms with Crippen molar-refractivity contribution in [3.05, 3.63) is 33.6 Å². The molecule has 148 valence electrons. The molecule has 0 fully saturated rings. The molecule has 0 aliphatic carbocycles. The lowest BCUT2D eigenvalue weighted by Crippen LogP contribution is -2.35. The zero-order valence-corrected chi connectivity index (χ0v) is 18.0. The minimum atomic E-state index is -0.0831. The van der Waals surface area contributed by atoms with Gasteiger partial charge in [-0.05, 0) is 43.4 Å². The molecule has 0 aliphatic rings. The lowest BCUT2D eigenvalue weighted by Gasteiger charge is -2.16. The average molecular weight is 410 g/mol. The van der Waals surface area contributed by atoms with Crippen LogP contribution in [0.1, 0.15) is 47.0 Å². The fraction of sp³-hybridized carbons (Fsp3) is 0.550. The summed E-state index contributed by atoms with van der Waals surface area (Å²) in [4.78, 5) is 29.8. The molecule has 0 spiro atoms. The Morgan fingerprint density at radius 2 is 2.00 bits per heavy atom. The monoisotopic (exact) mass is 409 g/mol. The average Bonchev–Trinajstić information content (AvgIpc) is 2.63. The molecule has 0 aliphatic heterocycles. The molecule has 2 rings (SSSR count). The van der Waals surface area contributed by atoms with Gasteiger partial charge in [0.15, 0.2) is 5.16 Å². The quantitative estimate of drug-likeness (QED) is 0.489. The third-order valence-electron chi connectivity index (χ3n) is 4.50. The first-order valence-corrected chi connectivity index (χ1v) is 10.8. The van der Waals surface area contributed by atoms with Crippen LogP contribution in [0.4, 0.5) is 0 Å². The molecule has 1 heterocycles. The molecule has 0 radical (unpaired) electrons. The van der Waals surface area contributed by atoms with Gasteiger partial charge in [0.25, 0.3) is 5.56 Å². The maximum absolute atomic E-state index is 13.0. The molecule has 0 unspecified atom stereocenters.